The van der Waals surface area contributed by atoms with Gasteiger partial charge in [0.15, 0.2) is 5.82 Å². The number of oxime groups is 1. The molecule has 7 heteroatoms. The summed E-state index contributed by atoms with van der Waals surface area (Å²) in [6, 6.07) is 13.8. The highest BCUT2D eigenvalue weighted by molar-refractivity contribution is 5.79. The molecule has 136 valence electrons. The molecule has 0 saturated carbocycles. The highest BCUT2D eigenvalue weighted by Gasteiger charge is 2.14. The van der Waals surface area contributed by atoms with Gasteiger partial charge in [0.25, 0.3) is 0 Å². The van der Waals surface area contributed by atoms with Crippen molar-refractivity contribution in [3.05, 3.63) is 77.5 Å². The maximum Gasteiger partial charge on any atom is 0.157 e. The zero-order valence-electron chi connectivity index (χ0n) is 15.0. The number of nitriles is 1. The molecule has 0 radical (unpaired) electrons. The summed E-state index contributed by atoms with van der Waals surface area (Å²) in [5, 5.41) is 13.5. The smallest absolute Gasteiger partial charge is 0.157 e. The standard InChI is InChI=1S/C20H18FN5O/c1-25(2)19-8-9-23-20(18(19)12-22)26-10-4-7-17(26)13-24-27-14-15-5-3-6-16(21)11-15/h3-11,13H,14H2,1-2H3/b24-13-. The first-order chi connectivity index (χ1) is 13.1. The molecule has 0 bridgehead atoms. The van der Waals surface area contributed by atoms with Crippen LogP contribution in [-0.4, -0.2) is 29.9 Å². The van der Waals surface area contributed by atoms with E-state index in [-0.39, 0.29) is 12.4 Å². The predicted octanol–water partition coefficient (Wildman–Crippen LogP) is 3.50. The van der Waals surface area contributed by atoms with Gasteiger partial charge in [-0.25, -0.2) is 9.37 Å². The summed E-state index contributed by atoms with van der Waals surface area (Å²) >= 11 is 0. The Balaban J connectivity index is 1.81. The van der Waals surface area contributed by atoms with Crippen molar-refractivity contribution in [3.63, 3.8) is 0 Å². The normalized spacial score (nSPS) is 10.7. The molecule has 27 heavy (non-hydrogen) atoms. The molecule has 0 fully saturated rings. The van der Waals surface area contributed by atoms with Crippen molar-refractivity contribution in [2.45, 2.75) is 6.61 Å². The van der Waals surface area contributed by atoms with Crippen LogP contribution in [-0.2, 0) is 11.4 Å². The second kappa shape index (κ2) is 8.15. The summed E-state index contributed by atoms with van der Waals surface area (Å²) in [5.74, 6) is 0.199. The number of pyridine rings is 1. The fourth-order valence-corrected chi connectivity index (χ4v) is 2.63. The molecule has 0 N–H and O–H groups in total. The monoisotopic (exact) mass is 363 g/mol. The fourth-order valence-electron chi connectivity index (χ4n) is 2.63. The van der Waals surface area contributed by atoms with Crippen LogP contribution in [0.3, 0.4) is 0 Å². The van der Waals surface area contributed by atoms with E-state index in [9.17, 15) is 9.65 Å². The third-order valence-corrected chi connectivity index (χ3v) is 3.89. The molecule has 0 aliphatic rings. The van der Waals surface area contributed by atoms with E-state index in [2.05, 4.69) is 16.2 Å². The van der Waals surface area contributed by atoms with E-state index >= 15 is 0 Å². The average Bonchev–Trinajstić information content (AvgIpc) is 3.13. The summed E-state index contributed by atoms with van der Waals surface area (Å²) < 4.78 is 14.9. The van der Waals surface area contributed by atoms with Crippen LogP contribution in [0.5, 0.6) is 0 Å². The number of rotatable bonds is 6. The predicted molar refractivity (Wildman–Crippen MR) is 101 cm³/mol. The molecule has 0 atom stereocenters. The Morgan fingerprint density at radius 2 is 2.15 bits per heavy atom. The largest absolute Gasteiger partial charge is 0.391 e. The Hall–Kier alpha value is -3.66. The molecule has 2 heterocycles. The lowest BCUT2D eigenvalue weighted by Crippen LogP contribution is -2.13. The van der Waals surface area contributed by atoms with Crippen molar-refractivity contribution in [2.75, 3.05) is 19.0 Å². The van der Waals surface area contributed by atoms with Gasteiger partial charge in [0.1, 0.15) is 24.1 Å². The molecule has 2 aromatic heterocycles. The molecule has 1 aromatic carbocycles. The quantitative estimate of drug-likeness (QED) is 0.497. The lowest BCUT2D eigenvalue weighted by molar-refractivity contribution is 0.132. The van der Waals surface area contributed by atoms with E-state index in [1.54, 1.807) is 35.2 Å². The number of hydrogen-bond acceptors (Lipinski definition) is 5. The highest BCUT2D eigenvalue weighted by Crippen LogP contribution is 2.23. The van der Waals surface area contributed by atoms with Crippen molar-refractivity contribution in [1.82, 2.24) is 9.55 Å². The average molecular weight is 363 g/mol. The van der Waals surface area contributed by atoms with Crippen molar-refractivity contribution in [1.29, 1.82) is 5.26 Å². The molecular formula is C20H18FN5O. The maximum absolute atomic E-state index is 13.2. The second-order valence-corrected chi connectivity index (χ2v) is 5.98. The van der Waals surface area contributed by atoms with Crippen LogP contribution in [0.1, 0.15) is 16.8 Å². The number of hydrogen-bond donors (Lipinski definition) is 0. The second-order valence-electron chi connectivity index (χ2n) is 5.98. The van der Waals surface area contributed by atoms with Gasteiger partial charge in [0.05, 0.1) is 17.6 Å². The van der Waals surface area contributed by atoms with E-state index in [4.69, 9.17) is 4.84 Å². The third kappa shape index (κ3) is 4.12. The lowest BCUT2D eigenvalue weighted by atomic mass is 10.2. The van der Waals surface area contributed by atoms with Gasteiger partial charge in [-0.05, 0) is 35.9 Å². The SMILES string of the molecule is CN(C)c1ccnc(-n2cccc2/C=N\OCc2cccc(F)c2)c1C#N. The number of halogens is 1. The molecule has 0 aliphatic heterocycles. The van der Waals surface area contributed by atoms with Crippen LogP contribution in [0.25, 0.3) is 5.82 Å². The van der Waals surface area contributed by atoms with Crippen molar-refractivity contribution in [3.8, 4) is 11.9 Å². The van der Waals surface area contributed by atoms with E-state index in [1.807, 2.05) is 31.1 Å². The zero-order valence-corrected chi connectivity index (χ0v) is 15.0. The lowest BCUT2D eigenvalue weighted by Gasteiger charge is -2.16. The first-order valence-electron chi connectivity index (χ1n) is 8.24. The third-order valence-electron chi connectivity index (χ3n) is 3.89. The van der Waals surface area contributed by atoms with Crippen LogP contribution in [0.2, 0.25) is 0 Å². The van der Waals surface area contributed by atoms with Crippen LogP contribution >= 0.6 is 0 Å². The Morgan fingerprint density at radius 1 is 1.30 bits per heavy atom. The van der Waals surface area contributed by atoms with Gasteiger partial charge < -0.3 is 9.74 Å². The highest BCUT2D eigenvalue weighted by atomic mass is 19.1. The summed E-state index contributed by atoms with van der Waals surface area (Å²) in [6.45, 7) is 0.160. The van der Waals surface area contributed by atoms with Gasteiger partial charge in [-0.15, -0.1) is 0 Å². The molecule has 0 aliphatic carbocycles. The van der Waals surface area contributed by atoms with Crippen LogP contribution in [0.15, 0.2) is 60.0 Å². The number of nitrogens with zero attached hydrogens (tertiary/aromatic N) is 5. The summed E-state index contributed by atoms with van der Waals surface area (Å²) in [5.41, 5.74) is 2.64. The number of anilines is 1. The van der Waals surface area contributed by atoms with E-state index < -0.39 is 0 Å². The minimum absolute atomic E-state index is 0.160. The molecule has 3 rings (SSSR count). The van der Waals surface area contributed by atoms with Crippen molar-refractivity contribution >= 4 is 11.9 Å². The van der Waals surface area contributed by atoms with Gasteiger partial charge >= 0.3 is 0 Å². The number of benzene rings is 1. The minimum Gasteiger partial charge on any atom is -0.391 e. The molecule has 0 unspecified atom stereocenters. The Morgan fingerprint density at radius 3 is 2.89 bits per heavy atom. The Labute approximate surface area is 156 Å². The maximum atomic E-state index is 13.2. The minimum atomic E-state index is -0.315. The number of aromatic nitrogens is 2. The van der Waals surface area contributed by atoms with Crippen LogP contribution in [0.4, 0.5) is 10.1 Å². The van der Waals surface area contributed by atoms with Gasteiger partial charge in [0.2, 0.25) is 0 Å². The van der Waals surface area contributed by atoms with Gasteiger partial charge in [0, 0.05) is 26.5 Å². The van der Waals surface area contributed by atoms with Crippen LogP contribution in [0, 0.1) is 17.1 Å². The molecular weight excluding hydrogens is 345 g/mol. The van der Waals surface area contributed by atoms with E-state index in [1.165, 1.54) is 18.3 Å². The first-order valence-corrected chi connectivity index (χ1v) is 8.24. The fraction of sp³-hybridized carbons (Fsp3) is 0.150. The Bertz CT molecular complexity index is 1000. The zero-order chi connectivity index (χ0) is 19.2. The van der Waals surface area contributed by atoms with Gasteiger partial charge in [-0.3, -0.25) is 4.57 Å². The molecule has 0 spiro atoms. The topological polar surface area (TPSA) is 66.4 Å². The molecule has 3 aromatic rings. The Kier molecular flexibility index (Phi) is 5.47. The van der Waals surface area contributed by atoms with Gasteiger partial charge in [-0.1, -0.05) is 17.3 Å². The van der Waals surface area contributed by atoms with Gasteiger partial charge in [-0.2, -0.15) is 5.26 Å². The summed E-state index contributed by atoms with van der Waals surface area (Å²) in [4.78, 5) is 11.5. The molecule has 0 amide bonds. The molecule has 6 nitrogen and oxygen atoms in total. The molecule has 0 saturated heterocycles. The summed E-state index contributed by atoms with van der Waals surface area (Å²) in [7, 11) is 3.75. The first kappa shape index (κ1) is 18.1. The van der Waals surface area contributed by atoms with Crippen molar-refractivity contribution in [2.24, 2.45) is 5.16 Å². The van der Waals surface area contributed by atoms with E-state index in [0.717, 1.165) is 5.69 Å². The summed E-state index contributed by atoms with van der Waals surface area (Å²) in [6.07, 6.45) is 4.99. The van der Waals surface area contributed by atoms with Crippen molar-refractivity contribution < 1.29 is 9.23 Å². The van der Waals surface area contributed by atoms with E-state index in [0.29, 0.717) is 22.6 Å². The van der Waals surface area contributed by atoms with Crippen LogP contribution < -0.4 is 4.90 Å².